The summed E-state index contributed by atoms with van der Waals surface area (Å²) < 4.78 is 5.25. The van der Waals surface area contributed by atoms with Gasteiger partial charge in [-0.1, -0.05) is 38.3 Å². The fourth-order valence-corrected chi connectivity index (χ4v) is 1.93. The second-order valence-electron chi connectivity index (χ2n) is 4.11. The minimum atomic E-state index is 0.446. The molecule has 90 valence electrons. The van der Waals surface area contributed by atoms with Crippen LogP contribution in [0.5, 0.6) is 5.75 Å². The molecule has 0 saturated heterocycles. The largest absolute Gasteiger partial charge is 0.497 e. The van der Waals surface area contributed by atoms with Crippen LogP contribution in [-0.2, 0) is 0 Å². The van der Waals surface area contributed by atoms with Crippen LogP contribution < -0.4 is 10.1 Å². The number of rotatable bonds is 7. The van der Waals surface area contributed by atoms with Gasteiger partial charge >= 0.3 is 0 Å². The summed E-state index contributed by atoms with van der Waals surface area (Å²) in [5.74, 6) is 0.938. The Balaban J connectivity index is 2.62. The Morgan fingerprint density at radius 1 is 1.31 bits per heavy atom. The van der Waals surface area contributed by atoms with E-state index in [0.29, 0.717) is 6.04 Å². The van der Waals surface area contributed by atoms with Gasteiger partial charge in [-0.3, -0.25) is 0 Å². The van der Waals surface area contributed by atoms with E-state index in [0.717, 1.165) is 5.75 Å². The van der Waals surface area contributed by atoms with Gasteiger partial charge in [-0.05, 0) is 31.2 Å². The first-order chi connectivity index (χ1) is 7.81. The molecule has 1 atom stereocenters. The molecule has 1 aromatic carbocycles. The molecule has 0 spiro atoms. The van der Waals surface area contributed by atoms with E-state index in [2.05, 4.69) is 30.4 Å². The maximum atomic E-state index is 5.25. The summed E-state index contributed by atoms with van der Waals surface area (Å²) in [6, 6.07) is 8.77. The molecule has 1 unspecified atom stereocenters. The quantitative estimate of drug-likeness (QED) is 0.711. The highest BCUT2D eigenvalue weighted by molar-refractivity contribution is 5.30. The van der Waals surface area contributed by atoms with Crippen LogP contribution in [0, 0.1) is 0 Å². The van der Waals surface area contributed by atoms with Crippen LogP contribution in [-0.4, -0.2) is 14.2 Å². The first kappa shape index (κ1) is 13.0. The second-order valence-corrected chi connectivity index (χ2v) is 4.11. The molecule has 0 aliphatic carbocycles. The van der Waals surface area contributed by atoms with Crippen molar-refractivity contribution >= 4 is 0 Å². The Hall–Kier alpha value is -1.02. The van der Waals surface area contributed by atoms with E-state index in [-0.39, 0.29) is 0 Å². The standard InChI is InChI=1S/C14H23NO/c1-4-5-6-10-14(15-2)12-8-7-9-13(11-12)16-3/h7-9,11,14-15H,4-6,10H2,1-3H3. The molecule has 1 aromatic rings. The van der Waals surface area contributed by atoms with E-state index in [9.17, 15) is 0 Å². The smallest absolute Gasteiger partial charge is 0.119 e. The Morgan fingerprint density at radius 3 is 2.75 bits per heavy atom. The summed E-state index contributed by atoms with van der Waals surface area (Å²) in [6.45, 7) is 2.24. The fraction of sp³-hybridized carbons (Fsp3) is 0.571. The average Bonchev–Trinajstić information content (AvgIpc) is 2.35. The van der Waals surface area contributed by atoms with E-state index < -0.39 is 0 Å². The SMILES string of the molecule is CCCCCC(NC)c1cccc(OC)c1. The fourth-order valence-electron chi connectivity index (χ4n) is 1.93. The molecule has 2 heteroatoms. The molecular weight excluding hydrogens is 198 g/mol. The van der Waals surface area contributed by atoms with Crippen molar-refractivity contribution in [2.45, 2.75) is 38.6 Å². The highest BCUT2D eigenvalue weighted by atomic mass is 16.5. The van der Waals surface area contributed by atoms with Crippen LogP contribution in [0.1, 0.15) is 44.2 Å². The van der Waals surface area contributed by atoms with Crippen LogP contribution in [0.3, 0.4) is 0 Å². The number of methoxy groups -OCH3 is 1. The van der Waals surface area contributed by atoms with Crippen LogP contribution >= 0.6 is 0 Å². The van der Waals surface area contributed by atoms with E-state index in [4.69, 9.17) is 4.74 Å². The van der Waals surface area contributed by atoms with Crippen LogP contribution in [0.2, 0.25) is 0 Å². The predicted molar refractivity (Wildman–Crippen MR) is 68.9 cm³/mol. The molecule has 16 heavy (non-hydrogen) atoms. The highest BCUT2D eigenvalue weighted by Gasteiger charge is 2.08. The normalized spacial score (nSPS) is 12.4. The summed E-state index contributed by atoms with van der Waals surface area (Å²) in [7, 11) is 3.74. The number of hydrogen-bond donors (Lipinski definition) is 1. The lowest BCUT2D eigenvalue weighted by Crippen LogP contribution is -2.16. The van der Waals surface area contributed by atoms with Gasteiger partial charge in [-0.25, -0.2) is 0 Å². The highest BCUT2D eigenvalue weighted by Crippen LogP contribution is 2.23. The lowest BCUT2D eigenvalue weighted by Gasteiger charge is -2.17. The molecular formula is C14H23NO. The molecule has 0 fully saturated rings. The molecule has 1 N–H and O–H groups in total. The first-order valence-corrected chi connectivity index (χ1v) is 6.13. The van der Waals surface area contributed by atoms with Crippen LogP contribution in [0.15, 0.2) is 24.3 Å². The van der Waals surface area contributed by atoms with Gasteiger partial charge in [0, 0.05) is 6.04 Å². The Bertz CT molecular complexity index is 299. The molecule has 0 aliphatic heterocycles. The van der Waals surface area contributed by atoms with Crippen molar-refractivity contribution in [2.75, 3.05) is 14.2 Å². The minimum Gasteiger partial charge on any atom is -0.497 e. The summed E-state index contributed by atoms with van der Waals surface area (Å²) in [5, 5.41) is 3.37. The third kappa shape index (κ3) is 3.86. The third-order valence-electron chi connectivity index (χ3n) is 2.94. The van der Waals surface area contributed by atoms with Gasteiger partial charge in [-0.15, -0.1) is 0 Å². The Morgan fingerprint density at radius 2 is 2.12 bits per heavy atom. The predicted octanol–water partition coefficient (Wildman–Crippen LogP) is 3.54. The second kappa shape index (κ2) is 7.29. The van der Waals surface area contributed by atoms with Gasteiger partial charge in [0.2, 0.25) is 0 Å². The molecule has 0 bridgehead atoms. The molecule has 0 amide bonds. The lowest BCUT2D eigenvalue weighted by molar-refractivity contribution is 0.412. The molecule has 2 nitrogen and oxygen atoms in total. The van der Waals surface area contributed by atoms with Crippen molar-refractivity contribution in [3.8, 4) is 5.75 Å². The maximum Gasteiger partial charge on any atom is 0.119 e. The summed E-state index contributed by atoms with van der Waals surface area (Å²) >= 11 is 0. The van der Waals surface area contributed by atoms with E-state index in [1.54, 1.807) is 7.11 Å². The van der Waals surface area contributed by atoms with Gasteiger partial charge in [-0.2, -0.15) is 0 Å². The maximum absolute atomic E-state index is 5.25. The van der Waals surface area contributed by atoms with Crippen molar-refractivity contribution in [3.63, 3.8) is 0 Å². The molecule has 0 saturated carbocycles. The molecule has 0 aromatic heterocycles. The third-order valence-corrected chi connectivity index (χ3v) is 2.94. The van der Waals surface area contributed by atoms with Crippen molar-refractivity contribution in [1.29, 1.82) is 0 Å². The van der Waals surface area contributed by atoms with E-state index in [1.807, 2.05) is 13.1 Å². The van der Waals surface area contributed by atoms with Crippen molar-refractivity contribution in [3.05, 3.63) is 29.8 Å². The van der Waals surface area contributed by atoms with Crippen LogP contribution in [0.4, 0.5) is 0 Å². The van der Waals surface area contributed by atoms with E-state index in [1.165, 1.54) is 31.2 Å². The van der Waals surface area contributed by atoms with Gasteiger partial charge in [0.15, 0.2) is 0 Å². The zero-order valence-electron chi connectivity index (χ0n) is 10.6. The molecule has 1 rings (SSSR count). The number of benzene rings is 1. The first-order valence-electron chi connectivity index (χ1n) is 6.13. The van der Waals surface area contributed by atoms with E-state index >= 15 is 0 Å². The summed E-state index contributed by atoms with van der Waals surface area (Å²) in [6.07, 6.45) is 5.05. The van der Waals surface area contributed by atoms with Gasteiger partial charge in [0.25, 0.3) is 0 Å². The monoisotopic (exact) mass is 221 g/mol. The molecule has 0 radical (unpaired) electrons. The lowest BCUT2D eigenvalue weighted by atomic mass is 10.0. The number of ether oxygens (including phenoxy) is 1. The van der Waals surface area contributed by atoms with Crippen molar-refractivity contribution < 1.29 is 4.74 Å². The minimum absolute atomic E-state index is 0.446. The number of nitrogens with one attached hydrogen (secondary N) is 1. The molecule has 0 heterocycles. The zero-order chi connectivity index (χ0) is 11.8. The molecule has 0 aliphatic rings. The average molecular weight is 221 g/mol. The van der Waals surface area contributed by atoms with Gasteiger partial charge < -0.3 is 10.1 Å². The Kier molecular flexibility index (Phi) is 5.94. The van der Waals surface area contributed by atoms with Crippen molar-refractivity contribution in [1.82, 2.24) is 5.32 Å². The number of hydrogen-bond acceptors (Lipinski definition) is 2. The van der Waals surface area contributed by atoms with Crippen molar-refractivity contribution in [2.24, 2.45) is 0 Å². The topological polar surface area (TPSA) is 21.3 Å². The summed E-state index contributed by atoms with van der Waals surface area (Å²) in [5.41, 5.74) is 1.32. The zero-order valence-corrected chi connectivity index (χ0v) is 10.6. The Labute approximate surface area is 99.0 Å². The van der Waals surface area contributed by atoms with Gasteiger partial charge in [0.1, 0.15) is 5.75 Å². The number of unbranched alkanes of at least 4 members (excludes halogenated alkanes) is 2. The van der Waals surface area contributed by atoms with Gasteiger partial charge in [0.05, 0.1) is 7.11 Å². The summed E-state index contributed by atoms with van der Waals surface area (Å²) in [4.78, 5) is 0. The van der Waals surface area contributed by atoms with Crippen LogP contribution in [0.25, 0.3) is 0 Å².